The topological polar surface area (TPSA) is 24.1 Å². The van der Waals surface area contributed by atoms with Gasteiger partial charge in [-0.2, -0.15) is 0 Å². The molecule has 0 unspecified atom stereocenters. The van der Waals surface area contributed by atoms with E-state index in [1.165, 1.54) is 11.1 Å². The Labute approximate surface area is 84.3 Å². The summed E-state index contributed by atoms with van der Waals surface area (Å²) in [5, 5.41) is 6.64. The second-order valence-electron chi connectivity index (χ2n) is 2.92. The summed E-state index contributed by atoms with van der Waals surface area (Å²) < 4.78 is 0. The van der Waals surface area contributed by atoms with Crippen LogP contribution in [0.15, 0.2) is 24.3 Å². The van der Waals surface area contributed by atoms with Crippen molar-refractivity contribution in [2.45, 2.75) is 13.5 Å². The second kappa shape index (κ2) is 4.82. The molecule has 1 rings (SSSR count). The van der Waals surface area contributed by atoms with E-state index in [1.54, 1.807) is 0 Å². The normalized spacial score (nSPS) is 9.38. The molecule has 0 aromatic heterocycles. The Morgan fingerprint density at radius 2 is 1.92 bits per heavy atom. The van der Waals surface area contributed by atoms with E-state index in [4.69, 9.17) is 12.2 Å². The minimum Gasteiger partial charge on any atom is -0.366 e. The Balaban J connectivity index is 2.46. The fourth-order valence-corrected chi connectivity index (χ4v) is 1.05. The number of nitrogens with one attached hydrogen (secondary N) is 2. The average molecular weight is 194 g/mol. The molecule has 13 heavy (non-hydrogen) atoms. The third-order valence-electron chi connectivity index (χ3n) is 1.80. The molecule has 0 atom stereocenters. The first-order chi connectivity index (χ1) is 6.22. The van der Waals surface area contributed by atoms with Crippen LogP contribution in [0.1, 0.15) is 11.1 Å². The van der Waals surface area contributed by atoms with Crippen LogP contribution in [-0.4, -0.2) is 12.2 Å². The van der Waals surface area contributed by atoms with E-state index in [1.807, 2.05) is 7.05 Å². The molecular weight excluding hydrogens is 180 g/mol. The molecule has 70 valence electrons. The molecule has 0 radical (unpaired) electrons. The van der Waals surface area contributed by atoms with E-state index in [0.717, 1.165) is 6.54 Å². The van der Waals surface area contributed by atoms with Gasteiger partial charge in [-0.25, -0.2) is 0 Å². The zero-order valence-corrected chi connectivity index (χ0v) is 8.74. The monoisotopic (exact) mass is 194 g/mol. The van der Waals surface area contributed by atoms with Gasteiger partial charge in [-0.3, -0.25) is 0 Å². The number of benzene rings is 1. The Bertz CT molecular complexity index is 279. The Morgan fingerprint density at radius 1 is 1.31 bits per heavy atom. The number of thiocarbonyl (C=S) groups is 1. The van der Waals surface area contributed by atoms with Crippen LogP contribution in [0.2, 0.25) is 0 Å². The van der Waals surface area contributed by atoms with Gasteiger partial charge in [0.1, 0.15) is 0 Å². The Morgan fingerprint density at radius 3 is 2.46 bits per heavy atom. The summed E-state index contributed by atoms with van der Waals surface area (Å²) in [5.41, 5.74) is 2.52. The zero-order valence-electron chi connectivity index (χ0n) is 7.92. The lowest BCUT2D eigenvalue weighted by molar-refractivity contribution is 0.890. The highest BCUT2D eigenvalue weighted by Crippen LogP contribution is 2.01. The van der Waals surface area contributed by atoms with Crippen molar-refractivity contribution in [3.05, 3.63) is 35.4 Å². The summed E-state index contributed by atoms with van der Waals surface area (Å²) >= 11 is 4.96. The van der Waals surface area contributed by atoms with Crippen molar-refractivity contribution in [2.75, 3.05) is 7.05 Å². The Hall–Kier alpha value is -1.09. The van der Waals surface area contributed by atoms with Crippen molar-refractivity contribution in [1.82, 2.24) is 10.6 Å². The molecule has 0 fully saturated rings. The van der Waals surface area contributed by atoms with Crippen LogP contribution in [0, 0.1) is 6.92 Å². The number of aryl methyl sites for hydroxylation is 1. The fraction of sp³-hybridized carbons (Fsp3) is 0.300. The molecule has 0 saturated heterocycles. The van der Waals surface area contributed by atoms with Gasteiger partial charge >= 0.3 is 0 Å². The van der Waals surface area contributed by atoms with Crippen LogP contribution in [0.5, 0.6) is 0 Å². The smallest absolute Gasteiger partial charge is 0.166 e. The van der Waals surface area contributed by atoms with Crippen molar-refractivity contribution < 1.29 is 0 Å². The second-order valence-corrected chi connectivity index (χ2v) is 3.33. The first-order valence-electron chi connectivity index (χ1n) is 4.23. The van der Waals surface area contributed by atoms with Crippen molar-refractivity contribution in [1.29, 1.82) is 0 Å². The van der Waals surface area contributed by atoms with Crippen LogP contribution in [0.4, 0.5) is 0 Å². The predicted molar refractivity (Wildman–Crippen MR) is 59.7 cm³/mol. The number of hydrogen-bond acceptors (Lipinski definition) is 1. The van der Waals surface area contributed by atoms with Gasteiger partial charge in [-0.1, -0.05) is 29.8 Å². The van der Waals surface area contributed by atoms with E-state index >= 15 is 0 Å². The van der Waals surface area contributed by atoms with E-state index in [2.05, 4.69) is 41.8 Å². The lowest BCUT2D eigenvalue weighted by Gasteiger charge is -2.06. The summed E-state index contributed by atoms with van der Waals surface area (Å²) in [6.45, 7) is 2.86. The molecule has 0 bridgehead atoms. The minimum absolute atomic E-state index is 0.681. The van der Waals surface area contributed by atoms with Crippen molar-refractivity contribution in [3.8, 4) is 0 Å². The molecule has 0 spiro atoms. The van der Waals surface area contributed by atoms with Crippen LogP contribution in [-0.2, 0) is 6.54 Å². The van der Waals surface area contributed by atoms with E-state index in [0.29, 0.717) is 5.11 Å². The van der Waals surface area contributed by atoms with Gasteiger partial charge in [-0.05, 0) is 24.7 Å². The van der Waals surface area contributed by atoms with E-state index in [9.17, 15) is 0 Å². The SMILES string of the molecule is CNC(=S)NCc1ccc(C)cc1. The highest BCUT2D eigenvalue weighted by molar-refractivity contribution is 7.80. The first kappa shape index (κ1) is 9.99. The van der Waals surface area contributed by atoms with E-state index < -0.39 is 0 Å². The predicted octanol–water partition coefficient (Wildman–Crippen LogP) is 1.59. The zero-order chi connectivity index (χ0) is 9.68. The summed E-state index contributed by atoms with van der Waals surface area (Å²) in [6, 6.07) is 8.39. The highest BCUT2D eigenvalue weighted by Gasteiger charge is 1.93. The van der Waals surface area contributed by atoms with Crippen molar-refractivity contribution in [3.63, 3.8) is 0 Å². The number of rotatable bonds is 2. The molecule has 1 aromatic carbocycles. The van der Waals surface area contributed by atoms with Crippen LogP contribution in [0.25, 0.3) is 0 Å². The lowest BCUT2D eigenvalue weighted by Crippen LogP contribution is -2.31. The van der Waals surface area contributed by atoms with Gasteiger partial charge in [0.2, 0.25) is 0 Å². The van der Waals surface area contributed by atoms with Crippen LogP contribution >= 0.6 is 12.2 Å². The molecule has 2 N–H and O–H groups in total. The summed E-state index contributed by atoms with van der Waals surface area (Å²) in [5.74, 6) is 0. The van der Waals surface area contributed by atoms with Crippen LogP contribution in [0.3, 0.4) is 0 Å². The quantitative estimate of drug-likeness (QED) is 0.699. The summed E-state index contributed by atoms with van der Waals surface area (Å²) in [6.07, 6.45) is 0. The van der Waals surface area contributed by atoms with Gasteiger partial charge in [0.15, 0.2) is 5.11 Å². The maximum Gasteiger partial charge on any atom is 0.166 e. The molecule has 0 aliphatic carbocycles. The fourth-order valence-electron chi connectivity index (χ4n) is 0.977. The van der Waals surface area contributed by atoms with Gasteiger partial charge < -0.3 is 10.6 Å². The molecule has 1 aromatic rings. The molecule has 0 aliphatic rings. The van der Waals surface area contributed by atoms with Gasteiger partial charge in [-0.15, -0.1) is 0 Å². The molecular formula is C10H14N2S. The maximum atomic E-state index is 4.96. The van der Waals surface area contributed by atoms with Crippen molar-refractivity contribution >= 4 is 17.3 Å². The van der Waals surface area contributed by atoms with Gasteiger partial charge in [0.25, 0.3) is 0 Å². The molecule has 0 saturated carbocycles. The molecule has 2 nitrogen and oxygen atoms in total. The van der Waals surface area contributed by atoms with E-state index in [-0.39, 0.29) is 0 Å². The molecule has 3 heteroatoms. The third-order valence-corrected chi connectivity index (χ3v) is 2.15. The largest absolute Gasteiger partial charge is 0.366 e. The average Bonchev–Trinajstić information content (AvgIpc) is 2.16. The maximum absolute atomic E-state index is 4.96. The van der Waals surface area contributed by atoms with Gasteiger partial charge in [0.05, 0.1) is 0 Å². The Kier molecular flexibility index (Phi) is 3.71. The molecule has 0 heterocycles. The summed E-state index contributed by atoms with van der Waals surface area (Å²) in [4.78, 5) is 0. The third kappa shape index (κ3) is 3.42. The van der Waals surface area contributed by atoms with Crippen LogP contribution < -0.4 is 10.6 Å². The lowest BCUT2D eigenvalue weighted by atomic mass is 10.1. The highest BCUT2D eigenvalue weighted by atomic mass is 32.1. The molecule has 0 amide bonds. The first-order valence-corrected chi connectivity index (χ1v) is 4.64. The standard InChI is InChI=1S/C10H14N2S/c1-8-3-5-9(6-4-8)7-12-10(13)11-2/h3-6H,7H2,1-2H3,(H2,11,12,13). The molecule has 0 aliphatic heterocycles. The van der Waals surface area contributed by atoms with Crippen molar-refractivity contribution in [2.24, 2.45) is 0 Å². The van der Waals surface area contributed by atoms with Gasteiger partial charge in [0, 0.05) is 13.6 Å². The number of hydrogen-bond donors (Lipinski definition) is 2. The minimum atomic E-state index is 0.681. The summed E-state index contributed by atoms with van der Waals surface area (Å²) in [7, 11) is 1.81.